The van der Waals surface area contributed by atoms with Gasteiger partial charge in [0.1, 0.15) is 8.07 Å². The number of aliphatic imine (C=N–C) groups is 1. The van der Waals surface area contributed by atoms with E-state index in [0.29, 0.717) is 0 Å². The van der Waals surface area contributed by atoms with E-state index in [9.17, 15) is 0 Å². The van der Waals surface area contributed by atoms with Crippen LogP contribution in [0, 0.1) is 0 Å². The van der Waals surface area contributed by atoms with Crippen molar-refractivity contribution in [3.63, 3.8) is 0 Å². The van der Waals surface area contributed by atoms with Crippen LogP contribution in [0.1, 0.15) is 26.5 Å². The Labute approximate surface area is 123 Å². The molecule has 0 radical (unpaired) electrons. The number of rotatable bonds is 3. The largest absolute Gasteiger partial charge is 0.361 e. The number of nitrogens with zero attached hydrogens (tertiary/aromatic N) is 1. The van der Waals surface area contributed by atoms with E-state index in [1.807, 2.05) is 6.21 Å². The fourth-order valence-corrected chi connectivity index (χ4v) is 4.42. The molecule has 1 heterocycles. The lowest BCUT2D eigenvalue weighted by Gasteiger charge is -2.21. The van der Waals surface area contributed by atoms with Gasteiger partial charge in [-0.05, 0) is 32.9 Å². The van der Waals surface area contributed by atoms with Crippen LogP contribution in [0.3, 0.4) is 0 Å². The van der Waals surface area contributed by atoms with Crippen LogP contribution >= 0.6 is 0 Å². The summed E-state index contributed by atoms with van der Waals surface area (Å²) in [7, 11) is -1.63. The normalized spacial score (nSPS) is 13.1. The number of benzene rings is 1. The van der Waals surface area contributed by atoms with Crippen molar-refractivity contribution in [3.8, 4) is 0 Å². The zero-order valence-corrected chi connectivity index (χ0v) is 14.1. The third-order valence-electron chi connectivity index (χ3n) is 3.47. The second-order valence-electron chi connectivity index (χ2n) is 6.75. The van der Waals surface area contributed by atoms with Crippen molar-refractivity contribution in [1.29, 1.82) is 0 Å². The maximum atomic E-state index is 4.55. The summed E-state index contributed by atoms with van der Waals surface area (Å²) in [6.07, 6.45) is 1.94. The molecule has 0 saturated carbocycles. The molecule has 0 fully saturated rings. The molecule has 0 aliphatic heterocycles. The predicted molar refractivity (Wildman–Crippen MR) is 91.3 cm³/mol. The molecule has 0 amide bonds. The Bertz CT molecular complexity index is 589. The van der Waals surface area contributed by atoms with Gasteiger partial charge in [-0.15, -0.1) is 0 Å². The summed E-state index contributed by atoms with van der Waals surface area (Å²) in [5, 5.41) is 2.79. The van der Waals surface area contributed by atoms with E-state index in [-0.39, 0.29) is 5.54 Å². The van der Waals surface area contributed by atoms with Gasteiger partial charge in [0.2, 0.25) is 0 Å². The Morgan fingerprint density at radius 3 is 2.25 bits per heavy atom. The highest BCUT2D eigenvalue weighted by Gasteiger charge is 2.27. The molecule has 0 aliphatic rings. The Hall–Kier alpha value is -1.61. The van der Waals surface area contributed by atoms with Gasteiger partial charge in [-0.25, -0.2) is 0 Å². The average molecular weight is 284 g/mol. The summed E-state index contributed by atoms with van der Waals surface area (Å²) in [4.78, 5) is 8.09. The van der Waals surface area contributed by atoms with Crippen molar-refractivity contribution < 1.29 is 0 Å². The van der Waals surface area contributed by atoms with Crippen molar-refractivity contribution in [2.45, 2.75) is 39.4 Å². The summed E-state index contributed by atoms with van der Waals surface area (Å²) >= 11 is 0. The lowest BCUT2D eigenvalue weighted by molar-refractivity contribution is 0.586. The fourth-order valence-electron chi connectivity index (χ4n) is 2.13. The van der Waals surface area contributed by atoms with E-state index in [1.165, 1.54) is 10.5 Å². The molecule has 2 aromatic rings. The van der Waals surface area contributed by atoms with Crippen LogP contribution in [0.4, 0.5) is 0 Å². The second-order valence-corrected chi connectivity index (χ2v) is 11.1. The van der Waals surface area contributed by atoms with Crippen LogP contribution in [-0.2, 0) is 0 Å². The van der Waals surface area contributed by atoms with Crippen molar-refractivity contribution >= 4 is 24.8 Å². The second kappa shape index (κ2) is 5.41. The molecule has 0 spiro atoms. The van der Waals surface area contributed by atoms with Crippen LogP contribution in [0.5, 0.6) is 0 Å². The minimum Gasteiger partial charge on any atom is -0.361 e. The molecule has 0 saturated heterocycles. The Morgan fingerprint density at radius 2 is 1.65 bits per heavy atom. The van der Waals surface area contributed by atoms with E-state index >= 15 is 0 Å². The predicted octanol–water partition coefficient (Wildman–Crippen LogP) is 3.05. The molecule has 0 bridgehead atoms. The first-order valence-corrected chi connectivity index (χ1v) is 10.1. The summed E-state index contributed by atoms with van der Waals surface area (Å²) in [5.74, 6) is 0. The van der Waals surface area contributed by atoms with Crippen LogP contribution in [0.25, 0.3) is 0 Å². The highest BCUT2D eigenvalue weighted by Crippen LogP contribution is 2.07. The molecule has 20 heavy (non-hydrogen) atoms. The zero-order valence-electron chi connectivity index (χ0n) is 13.1. The van der Waals surface area contributed by atoms with Gasteiger partial charge in [0.25, 0.3) is 0 Å². The monoisotopic (exact) mass is 284 g/mol. The Balaban J connectivity index is 2.27. The topological polar surface area (TPSA) is 28.1 Å². The molecular weight excluding hydrogens is 260 g/mol. The van der Waals surface area contributed by atoms with Gasteiger partial charge in [0, 0.05) is 11.5 Å². The van der Waals surface area contributed by atoms with Crippen LogP contribution in [0.2, 0.25) is 13.1 Å². The first-order valence-electron chi connectivity index (χ1n) is 7.09. The van der Waals surface area contributed by atoms with Gasteiger partial charge in [-0.1, -0.05) is 48.6 Å². The summed E-state index contributed by atoms with van der Waals surface area (Å²) in [6.45, 7) is 11.1. The highest BCUT2D eigenvalue weighted by atomic mass is 28.3. The molecule has 0 aliphatic carbocycles. The lowest BCUT2D eigenvalue weighted by Crippen LogP contribution is -2.53. The SMILES string of the molecule is CC(C)(C)N=Cc1ccc([Si](C)(C)c2ccccc2)[nH]1. The number of aromatic nitrogens is 1. The third-order valence-corrected chi connectivity index (χ3v) is 6.88. The molecule has 1 aromatic heterocycles. The molecule has 0 atom stereocenters. The van der Waals surface area contributed by atoms with Crippen molar-refractivity contribution in [2.24, 2.45) is 4.99 Å². The third kappa shape index (κ3) is 3.48. The smallest absolute Gasteiger partial charge is 0.132 e. The van der Waals surface area contributed by atoms with Crippen molar-refractivity contribution in [3.05, 3.63) is 48.2 Å². The molecular formula is C17H24N2Si. The van der Waals surface area contributed by atoms with Gasteiger partial charge < -0.3 is 4.98 Å². The standard InChI is InChI=1S/C17H24N2Si/c1-17(2,3)18-13-14-11-12-16(19-14)20(4,5)15-9-7-6-8-10-15/h6-13,19H,1-5H3. The zero-order chi connectivity index (χ0) is 14.8. The first-order chi connectivity index (χ1) is 9.29. The molecule has 0 unspecified atom stereocenters. The van der Waals surface area contributed by atoms with E-state index in [0.717, 1.165) is 5.69 Å². The molecule has 1 aromatic carbocycles. The number of nitrogens with one attached hydrogen (secondary N) is 1. The molecule has 1 N–H and O–H groups in total. The highest BCUT2D eigenvalue weighted by molar-refractivity contribution is 6.99. The van der Waals surface area contributed by atoms with Crippen LogP contribution in [-0.4, -0.2) is 24.8 Å². The van der Waals surface area contributed by atoms with Gasteiger partial charge in [0.15, 0.2) is 0 Å². The van der Waals surface area contributed by atoms with E-state index in [2.05, 4.69) is 86.3 Å². The van der Waals surface area contributed by atoms with Gasteiger partial charge >= 0.3 is 0 Å². The maximum absolute atomic E-state index is 4.55. The maximum Gasteiger partial charge on any atom is 0.132 e. The van der Waals surface area contributed by atoms with E-state index in [4.69, 9.17) is 0 Å². The fraction of sp³-hybridized carbons (Fsp3) is 0.353. The number of hydrogen-bond donors (Lipinski definition) is 1. The van der Waals surface area contributed by atoms with Crippen LogP contribution in [0.15, 0.2) is 47.5 Å². The van der Waals surface area contributed by atoms with Gasteiger partial charge in [-0.3, -0.25) is 4.99 Å². The van der Waals surface area contributed by atoms with Crippen LogP contribution < -0.4 is 10.5 Å². The molecule has 2 rings (SSSR count). The summed E-state index contributed by atoms with van der Waals surface area (Å²) < 4.78 is 0. The number of hydrogen-bond acceptors (Lipinski definition) is 1. The number of aromatic amines is 1. The Morgan fingerprint density at radius 1 is 1.00 bits per heavy atom. The lowest BCUT2D eigenvalue weighted by atomic mass is 10.1. The van der Waals surface area contributed by atoms with E-state index in [1.54, 1.807) is 0 Å². The summed E-state index contributed by atoms with van der Waals surface area (Å²) in [5.41, 5.74) is 1.06. The van der Waals surface area contributed by atoms with Gasteiger partial charge in [-0.2, -0.15) is 0 Å². The molecule has 3 heteroatoms. The Kier molecular flexibility index (Phi) is 4.00. The van der Waals surface area contributed by atoms with Crippen molar-refractivity contribution in [1.82, 2.24) is 4.98 Å². The van der Waals surface area contributed by atoms with E-state index < -0.39 is 8.07 Å². The minimum absolute atomic E-state index is 0.0301. The number of H-pyrrole nitrogens is 1. The molecule has 106 valence electrons. The minimum atomic E-state index is -1.63. The molecule has 2 nitrogen and oxygen atoms in total. The van der Waals surface area contributed by atoms with Crippen molar-refractivity contribution in [2.75, 3.05) is 0 Å². The van der Waals surface area contributed by atoms with Gasteiger partial charge in [0.05, 0.1) is 11.2 Å². The quantitative estimate of drug-likeness (QED) is 0.663. The summed E-state index contributed by atoms with van der Waals surface area (Å²) in [6, 6.07) is 15.1. The first kappa shape index (κ1) is 14.8. The average Bonchev–Trinajstić information content (AvgIpc) is 2.86.